The number of nitrogens with one attached hydrogen (secondary N) is 1. The number of rotatable bonds is 10. The number of ether oxygens (including phenoxy) is 3. The number of sulfonamides is 1. The highest BCUT2D eigenvalue weighted by molar-refractivity contribution is 7.89. The van der Waals surface area contributed by atoms with E-state index < -0.39 is 30.1 Å². The molecular weight excluding hydrogens is 386 g/mol. The normalized spacial score (nSPS) is 13.0. The Morgan fingerprint density at radius 1 is 1.11 bits per heavy atom. The number of methoxy groups -OCH3 is 3. The van der Waals surface area contributed by atoms with Gasteiger partial charge in [0.1, 0.15) is 11.5 Å². The Morgan fingerprint density at radius 2 is 1.63 bits per heavy atom. The topological polar surface area (TPSA) is 90.9 Å². The minimum Gasteiger partial charge on any atom is -0.497 e. The molecule has 0 amide bonds. The monoisotopic (exact) mass is 415 g/mol. The van der Waals surface area contributed by atoms with Crippen molar-refractivity contribution in [2.24, 2.45) is 0 Å². The Bertz CT molecular complexity index is 763. The lowest BCUT2D eigenvalue weighted by Gasteiger charge is -2.22. The van der Waals surface area contributed by atoms with Gasteiger partial charge in [-0.15, -0.1) is 0 Å². The molecule has 0 radical (unpaired) electrons. The fourth-order valence-corrected chi connectivity index (χ4v) is 6.54. The van der Waals surface area contributed by atoms with Crippen LogP contribution in [-0.4, -0.2) is 49.5 Å². The minimum atomic E-state index is -3.65. The first kappa shape index (κ1) is 23.2. The average Bonchev–Trinajstić information content (AvgIpc) is 2.62. The summed E-state index contributed by atoms with van der Waals surface area (Å²) < 4.78 is 43.1. The molecule has 0 fully saturated rings. The first-order valence-corrected chi connectivity index (χ1v) is 13.8. The summed E-state index contributed by atoms with van der Waals surface area (Å²) in [6, 6.07) is 4.51. The van der Waals surface area contributed by atoms with Crippen molar-refractivity contribution < 1.29 is 27.4 Å². The number of carbonyl (C=O) groups is 1. The Balaban J connectivity index is 3.30. The molecule has 1 rings (SSSR count). The van der Waals surface area contributed by atoms with E-state index in [4.69, 9.17) is 14.2 Å². The van der Waals surface area contributed by atoms with E-state index >= 15 is 0 Å². The maximum Gasteiger partial charge on any atom is 0.335 e. The summed E-state index contributed by atoms with van der Waals surface area (Å²) in [5.41, 5.74) is 0.447. The smallest absolute Gasteiger partial charge is 0.335 e. The molecule has 1 aromatic rings. The van der Waals surface area contributed by atoms with Gasteiger partial charge in [-0.2, -0.15) is 0 Å². The molecule has 1 N–H and O–H groups in total. The summed E-state index contributed by atoms with van der Waals surface area (Å²) in [5.74, 6) is 0.214. The quantitative estimate of drug-likeness (QED) is 0.359. The van der Waals surface area contributed by atoms with Gasteiger partial charge in [0.05, 0.1) is 38.7 Å². The molecule has 9 heteroatoms. The number of carbonyl (C=O) groups excluding carboxylic acids is 1. The van der Waals surface area contributed by atoms with Gasteiger partial charge in [0.25, 0.3) is 0 Å². The van der Waals surface area contributed by atoms with Gasteiger partial charge in [0.2, 0.25) is 10.0 Å². The number of hydrogen-bond acceptors (Lipinski definition) is 6. The first-order valence-electron chi connectivity index (χ1n) is 8.42. The SMILES string of the molecule is C=C(C(=O)OC)C(NS(=O)(=O)CC[Si](C)(C)C)c1cc(OC)cc(OC)c1. The minimum absolute atomic E-state index is 0.0191. The molecule has 7 nitrogen and oxygen atoms in total. The van der Waals surface area contributed by atoms with Gasteiger partial charge in [-0.3, -0.25) is 0 Å². The van der Waals surface area contributed by atoms with Gasteiger partial charge < -0.3 is 14.2 Å². The van der Waals surface area contributed by atoms with E-state index in [9.17, 15) is 13.2 Å². The van der Waals surface area contributed by atoms with Gasteiger partial charge >= 0.3 is 5.97 Å². The molecule has 1 unspecified atom stereocenters. The van der Waals surface area contributed by atoms with Crippen LogP contribution >= 0.6 is 0 Å². The molecular formula is C18H29NO6SSi. The third-order valence-electron chi connectivity index (χ3n) is 3.92. The molecule has 0 bridgehead atoms. The van der Waals surface area contributed by atoms with Crippen LogP contribution in [0.3, 0.4) is 0 Å². The Morgan fingerprint density at radius 3 is 2.04 bits per heavy atom. The van der Waals surface area contributed by atoms with Crippen LogP contribution in [-0.2, 0) is 19.6 Å². The highest BCUT2D eigenvalue weighted by Gasteiger charge is 2.28. The highest BCUT2D eigenvalue weighted by atomic mass is 32.2. The average molecular weight is 416 g/mol. The van der Waals surface area contributed by atoms with Crippen molar-refractivity contribution in [3.05, 3.63) is 35.9 Å². The molecule has 0 aliphatic carbocycles. The van der Waals surface area contributed by atoms with Crippen molar-refractivity contribution in [2.45, 2.75) is 31.7 Å². The van der Waals surface area contributed by atoms with Gasteiger partial charge in [0.15, 0.2) is 0 Å². The van der Waals surface area contributed by atoms with E-state index in [1.165, 1.54) is 21.3 Å². The molecule has 1 aromatic carbocycles. The van der Waals surface area contributed by atoms with Gasteiger partial charge in [0, 0.05) is 14.1 Å². The van der Waals surface area contributed by atoms with Crippen molar-refractivity contribution in [1.29, 1.82) is 0 Å². The second-order valence-electron chi connectivity index (χ2n) is 7.34. The van der Waals surface area contributed by atoms with Crippen LogP contribution in [0.5, 0.6) is 11.5 Å². The Labute approximate surface area is 162 Å². The van der Waals surface area contributed by atoms with Crippen LogP contribution in [0.25, 0.3) is 0 Å². The summed E-state index contributed by atoms with van der Waals surface area (Å²) in [5, 5.41) is 0. The highest BCUT2D eigenvalue weighted by Crippen LogP contribution is 2.30. The van der Waals surface area contributed by atoms with Crippen LogP contribution < -0.4 is 14.2 Å². The van der Waals surface area contributed by atoms with Crippen molar-refractivity contribution in [3.63, 3.8) is 0 Å². The summed E-state index contributed by atoms with van der Waals surface area (Å²) in [4.78, 5) is 12.0. The van der Waals surface area contributed by atoms with Crippen molar-refractivity contribution in [3.8, 4) is 11.5 Å². The fraction of sp³-hybridized carbons (Fsp3) is 0.500. The molecule has 0 saturated heterocycles. The van der Waals surface area contributed by atoms with E-state index in [0.717, 1.165) is 0 Å². The van der Waals surface area contributed by atoms with E-state index in [-0.39, 0.29) is 11.3 Å². The second-order valence-corrected chi connectivity index (χ2v) is 14.8. The summed E-state index contributed by atoms with van der Waals surface area (Å²) in [7, 11) is -1.02. The third-order valence-corrected chi connectivity index (χ3v) is 7.37. The van der Waals surface area contributed by atoms with Crippen LogP contribution in [0.1, 0.15) is 11.6 Å². The fourth-order valence-electron chi connectivity index (χ4n) is 2.26. The molecule has 0 heterocycles. The van der Waals surface area contributed by atoms with Crippen LogP contribution in [0, 0.1) is 0 Å². The van der Waals surface area contributed by atoms with Crippen LogP contribution in [0.2, 0.25) is 25.7 Å². The van der Waals surface area contributed by atoms with Crippen LogP contribution in [0.4, 0.5) is 0 Å². The van der Waals surface area contributed by atoms with E-state index in [1.54, 1.807) is 18.2 Å². The number of benzene rings is 1. The lowest BCUT2D eigenvalue weighted by Crippen LogP contribution is -2.35. The molecule has 0 saturated carbocycles. The molecule has 1 atom stereocenters. The van der Waals surface area contributed by atoms with E-state index in [1.807, 2.05) is 0 Å². The zero-order valence-electron chi connectivity index (χ0n) is 16.8. The second kappa shape index (κ2) is 9.38. The summed E-state index contributed by atoms with van der Waals surface area (Å²) >= 11 is 0. The Hall–Kier alpha value is -1.84. The molecule has 152 valence electrons. The zero-order chi connectivity index (χ0) is 20.8. The molecule has 0 aliphatic heterocycles. The molecule has 0 spiro atoms. The molecule has 27 heavy (non-hydrogen) atoms. The Kier molecular flexibility index (Phi) is 8.06. The maximum absolute atomic E-state index is 12.6. The molecule has 0 aliphatic rings. The molecule has 0 aromatic heterocycles. The van der Waals surface area contributed by atoms with Gasteiger partial charge in [-0.05, 0) is 23.7 Å². The van der Waals surface area contributed by atoms with Gasteiger partial charge in [-0.1, -0.05) is 26.2 Å². The van der Waals surface area contributed by atoms with E-state index in [2.05, 4.69) is 30.9 Å². The maximum atomic E-state index is 12.6. The predicted molar refractivity (Wildman–Crippen MR) is 109 cm³/mol. The zero-order valence-corrected chi connectivity index (χ0v) is 18.6. The van der Waals surface area contributed by atoms with Crippen molar-refractivity contribution in [2.75, 3.05) is 27.1 Å². The standard InChI is InChI=1S/C18H29NO6SSi/c1-13(18(20)25-4)17(19-26(21,22)8-9-27(5,6)7)14-10-15(23-2)12-16(11-14)24-3/h10-12,17,19H,1,8-9H2,2-7H3. The summed E-state index contributed by atoms with van der Waals surface area (Å²) in [6.07, 6.45) is 0. The number of esters is 1. The lowest BCUT2D eigenvalue weighted by molar-refractivity contribution is -0.136. The lowest BCUT2D eigenvalue weighted by atomic mass is 10.0. The summed E-state index contributed by atoms with van der Waals surface area (Å²) in [6.45, 7) is 10.0. The van der Waals surface area contributed by atoms with Crippen molar-refractivity contribution >= 4 is 24.1 Å². The number of hydrogen-bond donors (Lipinski definition) is 1. The van der Waals surface area contributed by atoms with Crippen molar-refractivity contribution in [1.82, 2.24) is 4.72 Å². The van der Waals surface area contributed by atoms with Crippen LogP contribution in [0.15, 0.2) is 30.4 Å². The van der Waals surface area contributed by atoms with E-state index in [0.29, 0.717) is 23.1 Å². The first-order chi connectivity index (χ1) is 12.4. The third kappa shape index (κ3) is 7.35. The predicted octanol–water partition coefficient (Wildman–Crippen LogP) is 2.73. The largest absolute Gasteiger partial charge is 0.497 e. The van der Waals surface area contributed by atoms with Gasteiger partial charge in [-0.25, -0.2) is 17.9 Å².